The van der Waals surface area contributed by atoms with E-state index in [1.807, 2.05) is 20.8 Å². The van der Waals surface area contributed by atoms with Crippen molar-refractivity contribution in [1.82, 2.24) is 9.78 Å². The molecule has 0 atom stereocenters. The minimum atomic E-state index is -0.235. The van der Waals surface area contributed by atoms with Gasteiger partial charge in [0.25, 0.3) is 0 Å². The molecule has 2 N–H and O–H groups in total. The molecule has 0 fully saturated rings. The van der Waals surface area contributed by atoms with Crippen LogP contribution in [0.3, 0.4) is 0 Å². The van der Waals surface area contributed by atoms with Crippen LogP contribution in [0.15, 0.2) is 24.3 Å². The van der Waals surface area contributed by atoms with Crippen LogP contribution in [0.2, 0.25) is 0 Å². The van der Waals surface area contributed by atoms with E-state index in [2.05, 4.69) is 42.4 Å². The van der Waals surface area contributed by atoms with Gasteiger partial charge in [-0.3, -0.25) is 0 Å². The summed E-state index contributed by atoms with van der Waals surface area (Å²) in [6.07, 6.45) is 0.621. The van der Waals surface area contributed by atoms with E-state index >= 15 is 0 Å². The first-order valence-electron chi connectivity index (χ1n) is 6.66. The van der Waals surface area contributed by atoms with Gasteiger partial charge in [0.15, 0.2) is 0 Å². The highest BCUT2D eigenvalue weighted by molar-refractivity contribution is 5.53. The zero-order valence-electron chi connectivity index (χ0n) is 12.4. The second kappa shape index (κ2) is 5.01. The van der Waals surface area contributed by atoms with Gasteiger partial charge in [0, 0.05) is 6.42 Å². The van der Waals surface area contributed by atoms with Crippen molar-refractivity contribution < 1.29 is 0 Å². The third kappa shape index (κ3) is 2.67. The molecular weight excluding hydrogens is 248 g/mol. The Balaban J connectivity index is 2.42. The quantitative estimate of drug-likeness (QED) is 0.910. The van der Waals surface area contributed by atoms with E-state index in [1.165, 1.54) is 5.56 Å². The summed E-state index contributed by atoms with van der Waals surface area (Å²) in [5, 5.41) is 13.9. The fraction of sp³-hybridized carbons (Fsp3) is 0.375. The molecule has 104 valence electrons. The first kappa shape index (κ1) is 14.1. The Morgan fingerprint density at radius 3 is 2.35 bits per heavy atom. The zero-order valence-corrected chi connectivity index (χ0v) is 12.4. The van der Waals surface area contributed by atoms with Crippen molar-refractivity contribution >= 4 is 5.82 Å². The highest BCUT2D eigenvalue weighted by Crippen LogP contribution is 2.25. The average Bonchev–Trinajstić information content (AvgIpc) is 2.68. The van der Waals surface area contributed by atoms with Gasteiger partial charge in [-0.25, -0.2) is 4.68 Å². The van der Waals surface area contributed by atoms with Crippen molar-refractivity contribution in [2.45, 2.75) is 39.7 Å². The maximum Gasteiger partial charge on any atom is 0.140 e. The second-order valence-electron chi connectivity index (χ2n) is 6.06. The maximum absolute atomic E-state index is 9.32. The summed E-state index contributed by atoms with van der Waals surface area (Å²) in [5.74, 6) is 0.446. The van der Waals surface area contributed by atoms with Crippen molar-refractivity contribution in [3.05, 3.63) is 46.6 Å². The lowest BCUT2D eigenvalue weighted by Gasteiger charge is -2.20. The molecule has 20 heavy (non-hydrogen) atoms. The topological polar surface area (TPSA) is 67.6 Å². The molecule has 2 aromatic rings. The van der Waals surface area contributed by atoms with Gasteiger partial charge in [-0.2, -0.15) is 10.4 Å². The number of aryl methyl sites for hydroxylation is 1. The number of anilines is 1. The van der Waals surface area contributed by atoms with Gasteiger partial charge in [0.05, 0.1) is 11.2 Å². The number of hydrogen-bond donors (Lipinski definition) is 1. The Labute approximate surface area is 119 Å². The van der Waals surface area contributed by atoms with Crippen molar-refractivity contribution in [2.24, 2.45) is 0 Å². The second-order valence-corrected chi connectivity index (χ2v) is 6.06. The summed E-state index contributed by atoms with van der Waals surface area (Å²) >= 11 is 0. The lowest BCUT2D eigenvalue weighted by Crippen LogP contribution is -2.25. The van der Waals surface area contributed by atoms with Crippen LogP contribution in [0, 0.1) is 18.3 Å². The molecule has 4 heteroatoms. The summed E-state index contributed by atoms with van der Waals surface area (Å²) in [7, 11) is 0. The number of nitrogens with zero attached hydrogens (tertiary/aromatic N) is 3. The maximum atomic E-state index is 9.32. The van der Waals surface area contributed by atoms with Crippen LogP contribution in [-0.2, 0) is 12.0 Å². The number of benzene rings is 1. The molecule has 2 rings (SSSR count). The van der Waals surface area contributed by atoms with E-state index < -0.39 is 0 Å². The highest BCUT2D eigenvalue weighted by Gasteiger charge is 2.23. The number of nitriles is 1. The van der Waals surface area contributed by atoms with Crippen molar-refractivity contribution in [1.29, 1.82) is 5.26 Å². The zero-order chi connectivity index (χ0) is 14.9. The van der Waals surface area contributed by atoms with E-state index in [1.54, 1.807) is 4.68 Å². The number of aromatic nitrogens is 2. The molecule has 0 bridgehead atoms. The highest BCUT2D eigenvalue weighted by atomic mass is 15.3. The Bertz CT molecular complexity index is 652. The molecular formula is C16H20N4. The average molecular weight is 268 g/mol. The molecule has 0 saturated carbocycles. The van der Waals surface area contributed by atoms with Gasteiger partial charge in [-0.15, -0.1) is 0 Å². The molecule has 1 aromatic heterocycles. The predicted molar refractivity (Wildman–Crippen MR) is 80.3 cm³/mol. The SMILES string of the molecule is Cc1ccc(Cc2nn(C(C)(C)C)c(N)c2C#N)cc1. The monoisotopic (exact) mass is 268 g/mol. The molecule has 0 amide bonds. The predicted octanol–water partition coefficient (Wildman–Crippen LogP) is 2.99. The van der Waals surface area contributed by atoms with E-state index in [0.29, 0.717) is 17.8 Å². The standard InChI is InChI=1S/C16H20N4/c1-11-5-7-12(8-6-11)9-14-13(10-17)15(18)20(19-14)16(2,3)4/h5-8H,9,18H2,1-4H3. The van der Waals surface area contributed by atoms with Crippen molar-refractivity contribution in [3.63, 3.8) is 0 Å². The lowest BCUT2D eigenvalue weighted by atomic mass is 10.1. The first-order chi connectivity index (χ1) is 9.32. The van der Waals surface area contributed by atoms with Gasteiger partial charge in [-0.05, 0) is 33.3 Å². The molecule has 0 saturated heterocycles. The third-order valence-electron chi connectivity index (χ3n) is 3.23. The van der Waals surface area contributed by atoms with Crippen molar-refractivity contribution in [3.8, 4) is 6.07 Å². The molecule has 0 aliphatic heterocycles. The largest absolute Gasteiger partial charge is 0.383 e. The van der Waals surface area contributed by atoms with E-state index in [0.717, 1.165) is 11.3 Å². The van der Waals surface area contributed by atoms with Gasteiger partial charge in [0.2, 0.25) is 0 Å². The summed E-state index contributed by atoms with van der Waals surface area (Å²) in [6.45, 7) is 8.12. The minimum absolute atomic E-state index is 0.235. The Morgan fingerprint density at radius 2 is 1.85 bits per heavy atom. The summed E-state index contributed by atoms with van der Waals surface area (Å²) in [5.41, 5.74) is 9.39. The number of nitrogens with two attached hydrogens (primary N) is 1. The van der Waals surface area contributed by atoms with Crippen LogP contribution in [0.4, 0.5) is 5.82 Å². The van der Waals surface area contributed by atoms with Crippen LogP contribution in [0.25, 0.3) is 0 Å². The number of hydrogen-bond acceptors (Lipinski definition) is 3. The smallest absolute Gasteiger partial charge is 0.140 e. The van der Waals surface area contributed by atoms with Gasteiger partial charge < -0.3 is 5.73 Å². The number of nitrogen functional groups attached to an aromatic ring is 1. The molecule has 0 radical (unpaired) electrons. The van der Waals surface area contributed by atoms with Crippen LogP contribution >= 0.6 is 0 Å². The van der Waals surface area contributed by atoms with E-state index in [4.69, 9.17) is 5.73 Å². The van der Waals surface area contributed by atoms with Crippen LogP contribution in [-0.4, -0.2) is 9.78 Å². The van der Waals surface area contributed by atoms with Crippen LogP contribution in [0.5, 0.6) is 0 Å². The molecule has 1 heterocycles. The Kier molecular flexibility index (Phi) is 3.54. The van der Waals surface area contributed by atoms with Crippen molar-refractivity contribution in [2.75, 3.05) is 5.73 Å². The molecule has 0 spiro atoms. The summed E-state index contributed by atoms with van der Waals surface area (Å²) in [4.78, 5) is 0. The first-order valence-corrected chi connectivity index (χ1v) is 6.66. The molecule has 0 aliphatic carbocycles. The summed E-state index contributed by atoms with van der Waals surface area (Å²) < 4.78 is 1.73. The van der Waals surface area contributed by atoms with Crippen LogP contribution < -0.4 is 5.73 Å². The van der Waals surface area contributed by atoms with Crippen LogP contribution in [0.1, 0.15) is 43.2 Å². The minimum Gasteiger partial charge on any atom is -0.383 e. The fourth-order valence-electron chi connectivity index (χ4n) is 2.13. The molecule has 0 aliphatic rings. The fourth-order valence-corrected chi connectivity index (χ4v) is 2.13. The van der Waals surface area contributed by atoms with Gasteiger partial charge in [-0.1, -0.05) is 29.8 Å². The molecule has 1 aromatic carbocycles. The molecule has 0 unspecified atom stereocenters. The van der Waals surface area contributed by atoms with Gasteiger partial charge in [0.1, 0.15) is 17.5 Å². The Hall–Kier alpha value is -2.28. The van der Waals surface area contributed by atoms with E-state index in [9.17, 15) is 5.26 Å². The van der Waals surface area contributed by atoms with Gasteiger partial charge >= 0.3 is 0 Å². The third-order valence-corrected chi connectivity index (χ3v) is 3.23. The lowest BCUT2D eigenvalue weighted by molar-refractivity contribution is 0.359. The van der Waals surface area contributed by atoms with E-state index in [-0.39, 0.29) is 5.54 Å². The Morgan fingerprint density at radius 1 is 1.25 bits per heavy atom. The summed E-state index contributed by atoms with van der Waals surface area (Å²) in [6, 6.07) is 10.4. The molecule has 4 nitrogen and oxygen atoms in total. The normalized spacial score (nSPS) is 11.3. The number of rotatable bonds is 2.